The highest BCUT2D eigenvalue weighted by molar-refractivity contribution is 5.26. The first-order valence-corrected chi connectivity index (χ1v) is 4.70. The Kier molecular flexibility index (Phi) is 2.90. The molecule has 0 aromatic carbocycles. The van der Waals surface area contributed by atoms with Crippen molar-refractivity contribution in [1.82, 2.24) is 4.98 Å². The summed E-state index contributed by atoms with van der Waals surface area (Å²) in [5.41, 5.74) is 7.80. The Balaban J connectivity index is 3.08. The van der Waals surface area contributed by atoms with E-state index in [1.54, 1.807) is 0 Å². The van der Waals surface area contributed by atoms with Crippen molar-refractivity contribution in [3.8, 4) is 0 Å². The number of halogens is 1. The minimum absolute atomic E-state index is 0.0374. The Bertz CT molecular complexity index is 329. The van der Waals surface area contributed by atoms with Gasteiger partial charge in [-0.3, -0.25) is 0 Å². The van der Waals surface area contributed by atoms with Crippen molar-refractivity contribution in [2.24, 2.45) is 11.1 Å². The summed E-state index contributed by atoms with van der Waals surface area (Å²) < 4.78 is 12.8. The normalized spacial score (nSPS) is 14.1. The molecule has 0 aliphatic rings. The van der Waals surface area contributed by atoms with Crippen LogP contribution in [0.2, 0.25) is 0 Å². The zero-order valence-corrected chi connectivity index (χ0v) is 9.13. The van der Waals surface area contributed by atoms with Crippen LogP contribution < -0.4 is 5.73 Å². The zero-order chi connectivity index (χ0) is 10.9. The predicted octanol–water partition coefficient (Wildman–Crippen LogP) is 2.58. The first kappa shape index (κ1) is 11.1. The summed E-state index contributed by atoms with van der Waals surface area (Å²) in [5.74, 6) is -0.452. The van der Waals surface area contributed by atoms with Crippen molar-refractivity contribution in [2.45, 2.75) is 33.7 Å². The van der Waals surface area contributed by atoms with E-state index in [-0.39, 0.29) is 11.5 Å². The van der Waals surface area contributed by atoms with Gasteiger partial charge in [0.15, 0.2) is 0 Å². The number of hydrogen-bond acceptors (Lipinski definition) is 2. The standard InChI is InChI=1S/C11H17FN2/c1-7-5-9(12)14-6-8(7)10(13)11(2,3)4/h5-6,10H,13H2,1-4H3. The number of nitrogens with two attached hydrogens (primary N) is 1. The van der Waals surface area contributed by atoms with Gasteiger partial charge in [0.05, 0.1) is 0 Å². The van der Waals surface area contributed by atoms with Crippen molar-refractivity contribution >= 4 is 0 Å². The Morgan fingerprint density at radius 3 is 2.43 bits per heavy atom. The second-order valence-corrected chi connectivity index (χ2v) is 4.71. The summed E-state index contributed by atoms with van der Waals surface area (Å²) in [7, 11) is 0. The molecule has 14 heavy (non-hydrogen) atoms. The lowest BCUT2D eigenvalue weighted by atomic mass is 9.82. The minimum Gasteiger partial charge on any atom is -0.323 e. The Hall–Kier alpha value is -0.960. The molecule has 0 saturated heterocycles. The number of pyridine rings is 1. The van der Waals surface area contributed by atoms with E-state index in [1.165, 1.54) is 12.3 Å². The molecule has 1 unspecified atom stereocenters. The van der Waals surface area contributed by atoms with Crippen molar-refractivity contribution in [3.63, 3.8) is 0 Å². The number of rotatable bonds is 1. The molecule has 0 saturated carbocycles. The van der Waals surface area contributed by atoms with Gasteiger partial charge in [0.25, 0.3) is 0 Å². The molecule has 0 aliphatic heterocycles. The van der Waals surface area contributed by atoms with Crippen LogP contribution in [-0.4, -0.2) is 4.98 Å². The van der Waals surface area contributed by atoms with Gasteiger partial charge in [-0.05, 0) is 29.5 Å². The van der Waals surface area contributed by atoms with Crippen LogP contribution in [0.5, 0.6) is 0 Å². The summed E-state index contributed by atoms with van der Waals surface area (Å²) in [6, 6.07) is 1.30. The van der Waals surface area contributed by atoms with Gasteiger partial charge in [-0.25, -0.2) is 4.98 Å². The van der Waals surface area contributed by atoms with Crippen molar-refractivity contribution in [3.05, 3.63) is 29.3 Å². The summed E-state index contributed by atoms with van der Waals surface area (Å²) in [6.45, 7) is 8.02. The molecule has 0 radical (unpaired) electrons. The van der Waals surface area contributed by atoms with Crippen molar-refractivity contribution in [2.75, 3.05) is 0 Å². The molecule has 2 nitrogen and oxygen atoms in total. The van der Waals surface area contributed by atoms with E-state index >= 15 is 0 Å². The van der Waals surface area contributed by atoms with Crippen molar-refractivity contribution < 1.29 is 4.39 Å². The molecule has 1 aromatic heterocycles. The minimum atomic E-state index is -0.452. The number of aromatic nitrogens is 1. The van der Waals surface area contributed by atoms with Crippen LogP contribution in [-0.2, 0) is 0 Å². The van der Waals surface area contributed by atoms with E-state index in [0.717, 1.165) is 11.1 Å². The van der Waals surface area contributed by atoms with E-state index in [4.69, 9.17) is 5.73 Å². The third kappa shape index (κ3) is 2.29. The zero-order valence-electron chi connectivity index (χ0n) is 9.13. The lowest BCUT2D eigenvalue weighted by Gasteiger charge is -2.28. The predicted molar refractivity (Wildman–Crippen MR) is 55.3 cm³/mol. The fourth-order valence-electron chi connectivity index (χ4n) is 1.32. The maximum atomic E-state index is 12.8. The average Bonchev–Trinajstić information content (AvgIpc) is 2.01. The van der Waals surface area contributed by atoms with Gasteiger partial charge in [0.2, 0.25) is 5.95 Å². The van der Waals surface area contributed by atoms with Gasteiger partial charge in [0.1, 0.15) is 0 Å². The topological polar surface area (TPSA) is 38.9 Å². The van der Waals surface area contributed by atoms with Gasteiger partial charge in [0, 0.05) is 12.2 Å². The molecule has 1 rings (SSSR count). The lowest BCUT2D eigenvalue weighted by molar-refractivity contribution is 0.325. The van der Waals surface area contributed by atoms with Gasteiger partial charge in [-0.2, -0.15) is 4.39 Å². The summed E-state index contributed by atoms with van der Waals surface area (Å²) in [6.07, 6.45) is 1.53. The van der Waals surface area contributed by atoms with E-state index in [0.29, 0.717) is 0 Å². The fourth-order valence-corrected chi connectivity index (χ4v) is 1.32. The summed E-state index contributed by atoms with van der Waals surface area (Å²) in [5, 5.41) is 0. The molecule has 2 N–H and O–H groups in total. The van der Waals surface area contributed by atoms with Crippen LogP contribution >= 0.6 is 0 Å². The van der Waals surface area contributed by atoms with Crippen LogP contribution in [0.1, 0.15) is 37.9 Å². The third-order valence-electron chi connectivity index (χ3n) is 2.39. The van der Waals surface area contributed by atoms with E-state index in [9.17, 15) is 4.39 Å². The maximum Gasteiger partial charge on any atom is 0.213 e. The van der Waals surface area contributed by atoms with Crippen LogP contribution in [0.3, 0.4) is 0 Å². The van der Waals surface area contributed by atoms with Crippen LogP contribution in [0.4, 0.5) is 4.39 Å². The average molecular weight is 196 g/mol. The fraction of sp³-hybridized carbons (Fsp3) is 0.545. The second kappa shape index (κ2) is 3.65. The van der Waals surface area contributed by atoms with E-state index in [1.807, 2.05) is 6.92 Å². The van der Waals surface area contributed by atoms with Gasteiger partial charge in [-0.15, -0.1) is 0 Å². The maximum absolute atomic E-state index is 12.8. The highest BCUT2D eigenvalue weighted by Gasteiger charge is 2.23. The number of aryl methyl sites for hydroxylation is 1. The number of nitrogens with zero attached hydrogens (tertiary/aromatic N) is 1. The lowest BCUT2D eigenvalue weighted by Crippen LogP contribution is -2.27. The molecule has 3 heteroatoms. The summed E-state index contributed by atoms with van der Waals surface area (Å²) >= 11 is 0. The molecule has 1 heterocycles. The number of hydrogen-bond donors (Lipinski definition) is 1. The first-order valence-electron chi connectivity index (χ1n) is 4.70. The highest BCUT2D eigenvalue weighted by atomic mass is 19.1. The highest BCUT2D eigenvalue weighted by Crippen LogP contribution is 2.31. The quantitative estimate of drug-likeness (QED) is 0.701. The monoisotopic (exact) mass is 196 g/mol. The SMILES string of the molecule is Cc1cc(F)ncc1C(N)C(C)(C)C. The van der Waals surface area contributed by atoms with Gasteiger partial charge in [-0.1, -0.05) is 20.8 Å². The molecule has 1 atom stereocenters. The Morgan fingerprint density at radius 2 is 2.00 bits per heavy atom. The molecule has 78 valence electrons. The smallest absolute Gasteiger partial charge is 0.213 e. The molecule has 1 aromatic rings. The largest absolute Gasteiger partial charge is 0.323 e. The molecular weight excluding hydrogens is 179 g/mol. The van der Waals surface area contributed by atoms with Gasteiger partial charge >= 0.3 is 0 Å². The molecule has 0 bridgehead atoms. The van der Waals surface area contributed by atoms with E-state index < -0.39 is 5.95 Å². The third-order valence-corrected chi connectivity index (χ3v) is 2.39. The molecular formula is C11H17FN2. The van der Waals surface area contributed by atoms with Crippen LogP contribution in [0, 0.1) is 18.3 Å². The van der Waals surface area contributed by atoms with Gasteiger partial charge < -0.3 is 5.73 Å². The molecule has 0 spiro atoms. The Labute approximate surface area is 84.3 Å². The van der Waals surface area contributed by atoms with Crippen LogP contribution in [0.25, 0.3) is 0 Å². The summed E-state index contributed by atoms with van der Waals surface area (Å²) in [4.78, 5) is 3.63. The van der Waals surface area contributed by atoms with Crippen LogP contribution in [0.15, 0.2) is 12.3 Å². The Morgan fingerprint density at radius 1 is 1.43 bits per heavy atom. The first-order chi connectivity index (χ1) is 6.32. The van der Waals surface area contributed by atoms with E-state index in [2.05, 4.69) is 25.8 Å². The molecule has 0 amide bonds. The second-order valence-electron chi connectivity index (χ2n) is 4.71. The molecule has 0 fully saturated rings. The molecule has 0 aliphatic carbocycles. The van der Waals surface area contributed by atoms with Crippen molar-refractivity contribution in [1.29, 1.82) is 0 Å².